The highest BCUT2D eigenvalue weighted by Gasteiger charge is 2.02. The Hall–Kier alpha value is -2.10. The maximum Gasteiger partial charge on any atom is 0.125 e. The zero-order valence-electron chi connectivity index (χ0n) is 9.17. The molecule has 0 aliphatic heterocycles. The second kappa shape index (κ2) is 4.61. The van der Waals surface area contributed by atoms with Crippen molar-refractivity contribution in [3.05, 3.63) is 48.4 Å². The lowest BCUT2D eigenvalue weighted by Gasteiger charge is -2.18. The van der Waals surface area contributed by atoms with Gasteiger partial charge in [-0.1, -0.05) is 6.07 Å². The summed E-state index contributed by atoms with van der Waals surface area (Å²) in [5, 5.41) is 0. The number of hydrogen-bond donors (Lipinski definition) is 1. The van der Waals surface area contributed by atoms with E-state index < -0.39 is 0 Å². The van der Waals surface area contributed by atoms with Crippen LogP contribution in [0.2, 0.25) is 0 Å². The van der Waals surface area contributed by atoms with Gasteiger partial charge in [-0.25, -0.2) is 4.98 Å². The largest absolute Gasteiger partial charge is 0.384 e. The number of nitrogens with zero attached hydrogens (tertiary/aromatic N) is 3. The molecule has 2 rings (SSSR count). The summed E-state index contributed by atoms with van der Waals surface area (Å²) < 4.78 is 0. The van der Waals surface area contributed by atoms with E-state index in [0.717, 1.165) is 17.9 Å². The molecule has 82 valence electrons. The Kier molecular flexibility index (Phi) is 3.00. The van der Waals surface area contributed by atoms with E-state index in [9.17, 15) is 0 Å². The second-order valence-corrected chi connectivity index (χ2v) is 3.62. The van der Waals surface area contributed by atoms with Gasteiger partial charge in [0.15, 0.2) is 0 Å². The number of anilines is 2. The molecular weight excluding hydrogens is 200 g/mol. The fourth-order valence-corrected chi connectivity index (χ4v) is 1.50. The number of rotatable bonds is 3. The molecule has 0 radical (unpaired) electrons. The maximum atomic E-state index is 5.64. The molecule has 2 N–H and O–H groups in total. The molecule has 0 atom stereocenters. The minimum atomic E-state index is 0.533. The summed E-state index contributed by atoms with van der Waals surface area (Å²) in [4.78, 5) is 10.3. The van der Waals surface area contributed by atoms with Gasteiger partial charge in [-0.2, -0.15) is 0 Å². The quantitative estimate of drug-likeness (QED) is 0.844. The lowest BCUT2D eigenvalue weighted by molar-refractivity contribution is 0.884. The van der Waals surface area contributed by atoms with Crippen LogP contribution in [0.4, 0.5) is 11.5 Å². The van der Waals surface area contributed by atoms with Crippen molar-refractivity contribution in [2.24, 2.45) is 0 Å². The molecule has 0 bridgehead atoms. The van der Waals surface area contributed by atoms with Crippen molar-refractivity contribution in [3.8, 4) is 0 Å². The molecule has 4 heteroatoms. The smallest absolute Gasteiger partial charge is 0.125 e. The van der Waals surface area contributed by atoms with Gasteiger partial charge in [0.05, 0.1) is 12.2 Å². The van der Waals surface area contributed by atoms with Gasteiger partial charge in [-0.05, 0) is 18.2 Å². The van der Waals surface area contributed by atoms with Gasteiger partial charge >= 0.3 is 0 Å². The Labute approximate surface area is 94.8 Å². The molecule has 4 nitrogen and oxygen atoms in total. The zero-order chi connectivity index (χ0) is 11.4. The number of nitrogens with two attached hydrogens (primary N) is 1. The van der Waals surface area contributed by atoms with Crippen LogP contribution in [0.1, 0.15) is 5.69 Å². The molecule has 16 heavy (non-hydrogen) atoms. The van der Waals surface area contributed by atoms with E-state index in [-0.39, 0.29) is 0 Å². The highest BCUT2D eigenvalue weighted by Crippen LogP contribution is 2.15. The summed E-state index contributed by atoms with van der Waals surface area (Å²) in [6.45, 7) is 0.754. The first kappa shape index (κ1) is 10.4. The monoisotopic (exact) mass is 214 g/mol. The summed E-state index contributed by atoms with van der Waals surface area (Å²) in [7, 11) is 2.00. The fraction of sp³-hybridized carbons (Fsp3) is 0.167. The minimum Gasteiger partial charge on any atom is -0.384 e. The normalized spacial score (nSPS) is 10.1. The SMILES string of the molecule is CN(Cc1ccccn1)c1ccnc(N)c1. The van der Waals surface area contributed by atoms with E-state index in [4.69, 9.17) is 5.73 Å². The van der Waals surface area contributed by atoms with Gasteiger partial charge in [-0.15, -0.1) is 0 Å². The van der Waals surface area contributed by atoms with E-state index in [1.807, 2.05) is 37.4 Å². The molecule has 0 amide bonds. The lowest BCUT2D eigenvalue weighted by Crippen LogP contribution is -2.17. The van der Waals surface area contributed by atoms with Crippen LogP contribution in [-0.2, 0) is 6.54 Å². The summed E-state index contributed by atoms with van der Waals surface area (Å²) in [5.41, 5.74) is 7.70. The Morgan fingerprint density at radius 1 is 1.19 bits per heavy atom. The summed E-state index contributed by atoms with van der Waals surface area (Å²) in [6.07, 6.45) is 3.50. The maximum absolute atomic E-state index is 5.64. The highest BCUT2D eigenvalue weighted by molar-refractivity contribution is 5.51. The third-order valence-corrected chi connectivity index (χ3v) is 2.33. The van der Waals surface area contributed by atoms with Crippen molar-refractivity contribution in [1.29, 1.82) is 0 Å². The van der Waals surface area contributed by atoms with Gasteiger partial charge in [0, 0.05) is 31.2 Å². The lowest BCUT2D eigenvalue weighted by atomic mass is 10.3. The number of aromatic nitrogens is 2. The van der Waals surface area contributed by atoms with Crippen molar-refractivity contribution < 1.29 is 0 Å². The Bertz CT molecular complexity index is 456. The molecule has 2 aromatic rings. The van der Waals surface area contributed by atoms with E-state index in [2.05, 4.69) is 14.9 Å². The van der Waals surface area contributed by atoms with Crippen molar-refractivity contribution >= 4 is 11.5 Å². The number of nitrogen functional groups attached to an aromatic ring is 1. The molecule has 0 aromatic carbocycles. The van der Waals surface area contributed by atoms with Gasteiger partial charge in [0.1, 0.15) is 5.82 Å². The standard InChI is InChI=1S/C12H14N4/c1-16(9-10-4-2-3-6-14-10)11-5-7-15-12(13)8-11/h2-8H,9H2,1H3,(H2,13,15). The van der Waals surface area contributed by atoms with Crippen molar-refractivity contribution in [2.75, 3.05) is 17.7 Å². The number of hydrogen-bond acceptors (Lipinski definition) is 4. The predicted molar refractivity (Wildman–Crippen MR) is 65.0 cm³/mol. The first-order valence-electron chi connectivity index (χ1n) is 5.08. The number of pyridine rings is 2. The van der Waals surface area contributed by atoms with Crippen LogP contribution in [0.25, 0.3) is 0 Å². The van der Waals surface area contributed by atoms with Crippen molar-refractivity contribution in [3.63, 3.8) is 0 Å². The Morgan fingerprint density at radius 2 is 2.06 bits per heavy atom. The van der Waals surface area contributed by atoms with Crippen molar-refractivity contribution in [1.82, 2.24) is 9.97 Å². The van der Waals surface area contributed by atoms with E-state index in [0.29, 0.717) is 5.82 Å². The first-order chi connectivity index (χ1) is 7.75. The Balaban J connectivity index is 2.12. The first-order valence-corrected chi connectivity index (χ1v) is 5.08. The molecule has 2 heterocycles. The van der Waals surface area contributed by atoms with Gasteiger partial charge in [0.25, 0.3) is 0 Å². The molecule has 0 unspecified atom stereocenters. The average molecular weight is 214 g/mol. The Morgan fingerprint density at radius 3 is 2.75 bits per heavy atom. The van der Waals surface area contributed by atoms with Crippen LogP contribution >= 0.6 is 0 Å². The molecule has 0 saturated heterocycles. The second-order valence-electron chi connectivity index (χ2n) is 3.62. The average Bonchev–Trinajstić information content (AvgIpc) is 2.30. The van der Waals surface area contributed by atoms with Crippen LogP contribution in [0.3, 0.4) is 0 Å². The third-order valence-electron chi connectivity index (χ3n) is 2.33. The topological polar surface area (TPSA) is 55.0 Å². The molecule has 0 saturated carbocycles. The van der Waals surface area contributed by atoms with Gasteiger partial charge in [-0.3, -0.25) is 4.98 Å². The molecular formula is C12H14N4. The van der Waals surface area contributed by atoms with E-state index in [1.54, 1.807) is 12.4 Å². The predicted octanol–water partition coefficient (Wildman–Crippen LogP) is 1.70. The van der Waals surface area contributed by atoms with Crippen molar-refractivity contribution in [2.45, 2.75) is 6.54 Å². The minimum absolute atomic E-state index is 0.533. The zero-order valence-corrected chi connectivity index (χ0v) is 9.17. The van der Waals surface area contributed by atoms with Crippen LogP contribution in [0.15, 0.2) is 42.7 Å². The molecule has 0 aliphatic carbocycles. The third kappa shape index (κ3) is 2.48. The van der Waals surface area contributed by atoms with Crippen LogP contribution in [0, 0.1) is 0 Å². The van der Waals surface area contributed by atoms with Crippen LogP contribution in [-0.4, -0.2) is 17.0 Å². The molecule has 0 aliphatic rings. The highest BCUT2D eigenvalue weighted by atomic mass is 15.1. The summed E-state index contributed by atoms with van der Waals surface area (Å²) in [6, 6.07) is 9.67. The van der Waals surface area contributed by atoms with E-state index in [1.165, 1.54) is 0 Å². The molecule has 0 fully saturated rings. The van der Waals surface area contributed by atoms with Crippen LogP contribution < -0.4 is 10.6 Å². The molecule has 0 spiro atoms. The summed E-state index contributed by atoms with van der Waals surface area (Å²) in [5.74, 6) is 0.533. The van der Waals surface area contributed by atoms with Crippen LogP contribution in [0.5, 0.6) is 0 Å². The van der Waals surface area contributed by atoms with Gasteiger partial charge < -0.3 is 10.6 Å². The molecule has 2 aromatic heterocycles. The summed E-state index contributed by atoms with van der Waals surface area (Å²) >= 11 is 0. The van der Waals surface area contributed by atoms with Gasteiger partial charge in [0.2, 0.25) is 0 Å². The fourth-order valence-electron chi connectivity index (χ4n) is 1.50. The van der Waals surface area contributed by atoms with E-state index >= 15 is 0 Å².